The molecule has 1 amide bonds. The van der Waals surface area contributed by atoms with Gasteiger partial charge in [-0.25, -0.2) is 12.8 Å². The van der Waals surface area contributed by atoms with E-state index in [0.29, 0.717) is 19.4 Å². The number of carbonyl (C=O) groups excluding carboxylic acids is 1. The monoisotopic (exact) mass is 433 g/mol. The van der Waals surface area contributed by atoms with Gasteiger partial charge in [0.25, 0.3) is 0 Å². The van der Waals surface area contributed by atoms with Crippen molar-refractivity contribution in [2.24, 2.45) is 5.92 Å². The second-order valence-corrected chi connectivity index (χ2v) is 9.79. The van der Waals surface area contributed by atoms with Gasteiger partial charge in [-0.2, -0.15) is 4.31 Å². The predicted molar refractivity (Wildman–Crippen MR) is 114 cm³/mol. The van der Waals surface area contributed by atoms with Crippen LogP contribution in [-0.4, -0.2) is 50.7 Å². The fraction of sp³-hybridized carbons (Fsp3) is 0.409. The van der Waals surface area contributed by atoms with Crippen LogP contribution in [0.25, 0.3) is 0 Å². The van der Waals surface area contributed by atoms with Crippen LogP contribution >= 0.6 is 0 Å². The highest BCUT2D eigenvalue weighted by Gasteiger charge is 2.33. The molecule has 1 heterocycles. The molecule has 0 radical (unpaired) electrons. The van der Waals surface area contributed by atoms with Gasteiger partial charge < -0.3 is 10.2 Å². The van der Waals surface area contributed by atoms with E-state index in [1.165, 1.54) is 28.1 Å². The average molecular weight is 434 g/mol. The lowest BCUT2D eigenvalue weighted by atomic mass is 9.97. The van der Waals surface area contributed by atoms with Crippen LogP contribution in [-0.2, 0) is 27.9 Å². The highest BCUT2D eigenvalue weighted by molar-refractivity contribution is 7.89. The summed E-state index contributed by atoms with van der Waals surface area (Å²) in [7, 11) is 0.143. The first kappa shape index (κ1) is 22.4. The molecule has 0 bridgehead atoms. The van der Waals surface area contributed by atoms with Gasteiger partial charge in [-0.1, -0.05) is 36.4 Å². The SMILES string of the molecule is CN(C)Cc1ccc(CNC(=O)C2CCN(S(=O)(=O)c3ccccc3F)CC2)cc1. The van der Waals surface area contributed by atoms with Gasteiger partial charge >= 0.3 is 0 Å². The summed E-state index contributed by atoms with van der Waals surface area (Å²) in [6.07, 6.45) is 0.836. The van der Waals surface area contributed by atoms with E-state index in [1.54, 1.807) is 0 Å². The van der Waals surface area contributed by atoms with Crippen molar-refractivity contribution in [1.82, 2.24) is 14.5 Å². The number of benzene rings is 2. The lowest BCUT2D eigenvalue weighted by molar-refractivity contribution is -0.126. The van der Waals surface area contributed by atoms with E-state index >= 15 is 0 Å². The van der Waals surface area contributed by atoms with Crippen LogP contribution in [0.3, 0.4) is 0 Å². The normalized spacial score (nSPS) is 16.0. The van der Waals surface area contributed by atoms with Crippen LogP contribution in [0, 0.1) is 11.7 Å². The standard InChI is InChI=1S/C22H28FN3O3S/c1-25(2)16-18-9-7-17(8-10-18)15-24-22(27)19-11-13-26(14-12-19)30(28,29)21-6-4-3-5-20(21)23/h3-10,19H,11-16H2,1-2H3,(H,24,27). The van der Waals surface area contributed by atoms with E-state index < -0.39 is 15.8 Å². The van der Waals surface area contributed by atoms with Gasteiger partial charge in [0.1, 0.15) is 10.7 Å². The molecule has 3 rings (SSSR count). The number of amides is 1. The third kappa shape index (κ3) is 5.44. The minimum atomic E-state index is -3.89. The van der Waals surface area contributed by atoms with Gasteiger partial charge in [0.15, 0.2) is 0 Å². The molecule has 30 heavy (non-hydrogen) atoms. The Balaban J connectivity index is 1.51. The van der Waals surface area contributed by atoms with Crippen molar-refractivity contribution in [1.29, 1.82) is 0 Å². The first-order valence-electron chi connectivity index (χ1n) is 10.0. The summed E-state index contributed by atoms with van der Waals surface area (Å²) in [5.41, 5.74) is 2.23. The number of sulfonamides is 1. The number of nitrogens with zero attached hydrogens (tertiary/aromatic N) is 2. The minimum Gasteiger partial charge on any atom is -0.352 e. The third-order valence-corrected chi connectivity index (χ3v) is 7.20. The van der Waals surface area contributed by atoms with Crippen molar-refractivity contribution in [2.75, 3.05) is 27.2 Å². The Morgan fingerprint density at radius 1 is 1.07 bits per heavy atom. The molecule has 2 aromatic carbocycles. The molecule has 1 aliphatic heterocycles. The Labute approximate surface area is 177 Å². The molecule has 0 spiro atoms. The molecule has 0 saturated carbocycles. The molecule has 2 aromatic rings. The van der Waals surface area contributed by atoms with Crippen molar-refractivity contribution >= 4 is 15.9 Å². The maximum Gasteiger partial charge on any atom is 0.245 e. The molecule has 1 saturated heterocycles. The maximum absolute atomic E-state index is 13.9. The Bertz CT molecular complexity index is 969. The molecule has 0 unspecified atom stereocenters. The topological polar surface area (TPSA) is 69.7 Å². The summed E-state index contributed by atoms with van der Waals surface area (Å²) < 4.78 is 40.5. The summed E-state index contributed by atoms with van der Waals surface area (Å²) in [5.74, 6) is -1.07. The maximum atomic E-state index is 13.9. The van der Waals surface area contributed by atoms with Crippen LogP contribution in [0.15, 0.2) is 53.4 Å². The molecule has 0 aliphatic carbocycles. The zero-order valence-electron chi connectivity index (χ0n) is 17.3. The molecule has 0 aromatic heterocycles. The summed E-state index contributed by atoms with van der Waals surface area (Å²) in [5, 5.41) is 2.95. The molecule has 8 heteroatoms. The van der Waals surface area contributed by atoms with Crippen molar-refractivity contribution in [3.63, 3.8) is 0 Å². The number of rotatable bonds is 7. The van der Waals surface area contributed by atoms with Gasteiger partial charge in [0, 0.05) is 32.1 Å². The fourth-order valence-corrected chi connectivity index (χ4v) is 5.15. The van der Waals surface area contributed by atoms with E-state index in [9.17, 15) is 17.6 Å². The summed E-state index contributed by atoms with van der Waals surface area (Å²) >= 11 is 0. The quantitative estimate of drug-likeness (QED) is 0.729. The van der Waals surface area contributed by atoms with Crippen LogP contribution in [0.5, 0.6) is 0 Å². The summed E-state index contributed by atoms with van der Waals surface area (Å²) in [4.78, 5) is 14.3. The average Bonchev–Trinajstić information content (AvgIpc) is 2.73. The number of hydrogen-bond donors (Lipinski definition) is 1. The Hall–Kier alpha value is -2.29. The van der Waals surface area contributed by atoms with E-state index in [0.717, 1.165) is 18.2 Å². The Morgan fingerprint density at radius 3 is 2.27 bits per heavy atom. The van der Waals surface area contributed by atoms with Crippen molar-refractivity contribution in [3.05, 3.63) is 65.5 Å². The van der Waals surface area contributed by atoms with Crippen molar-refractivity contribution in [3.8, 4) is 0 Å². The Kier molecular flexibility index (Phi) is 7.23. The minimum absolute atomic E-state index is 0.0738. The number of carbonyl (C=O) groups is 1. The van der Waals surface area contributed by atoms with Gasteiger partial charge in [0.05, 0.1) is 0 Å². The first-order chi connectivity index (χ1) is 14.3. The zero-order chi connectivity index (χ0) is 21.7. The summed E-state index contributed by atoms with van der Waals surface area (Å²) in [6, 6.07) is 13.5. The van der Waals surface area contributed by atoms with Crippen molar-refractivity contribution in [2.45, 2.75) is 30.8 Å². The van der Waals surface area contributed by atoms with Crippen LogP contribution in [0.1, 0.15) is 24.0 Å². The molecule has 1 fully saturated rings. The second-order valence-electron chi connectivity index (χ2n) is 7.88. The van der Waals surface area contributed by atoms with Crippen LogP contribution in [0.2, 0.25) is 0 Å². The lowest BCUT2D eigenvalue weighted by Gasteiger charge is -2.30. The van der Waals surface area contributed by atoms with Gasteiger partial charge in [0.2, 0.25) is 15.9 Å². The van der Waals surface area contributed by atoms with Gasteiger partial charge in [-0.05, 0) is 50.2 Å². The fourth-order valence-electron chi connectivity index (χ4n) is 3.61. The molecule has 1 N–H and O–H groups in total. The molecular formula is C22H28FN3O3S. The third-order valence-electron chi connectivity index (χ3n) is 5.27. The molecule has 1 aliphatic rings. The van der Waals surface area contributed by atoms with E-state index in [2.05, 4.69) is 10.2 Å². The summed E-state index contributed by atoms with van der Waals surface area (Å²) in [6.45, 7) is 1.71. The van der Waals surface area contributed by atoms with E-state index in [-0.39, 0.29) is 29.8 Å². The second kappa shape index (κ2) is 9.68. The molecule has 162 valence electrons. The van der Waals surface area contributed by atoms with E-state index in [4.69, 9.17) is 0 Å². The number of hydrogen-bond acceptors (Lipinski definition) is 4. The lowest BCUT2D eigenvalue weighted by Crippen LogP contribution is -2.43. The van der Waals surface area contributed by atoms with Gasteiger partial charge in [-0.15, -0.1) is 0 Å². The van der Waals surface area contributed by atoms with Crippen LogP contribution in [0.4, 0.5) is 4.39 Å². The van der Waals surface area contributed by atoms with Crippen molar-refractivity contribution < 1.29 is 17.6 Å². The predicted octanol–water partition coefficient (Wildman–Crippen LogP) is 2.60. The van der Waals surface area contributed by atoms with E-state index in [1.807, 2.05) is 38.4 Å². The largest absolute Gasteiger partial charge is 0.352 e. The number of halogens is 1. The Morgan fingerprint density at radius 2 is 1.67 bits per heavy atom. The number of piperidine rings is 1. The molecule has 6 nitrogen and oxygen atoms in total. The first-order valence-corrected chi connectivity index (χ1v) is 11.5. The number of nitrogens with one attached hydrogen (secondary N) is 1. The highest BCUT2D eigenvalue weighted by Crippen LogP contribution is 2.25. The zero-order valence-corrected chi connectivity index (χ0v) is 18.2. The molecule has 0 atom stereocenters. The van der Waals surface area contributed by atoms with Crippen LogP contribution < -0.4 is 5.32 Å². The molecular weight excluding hydrogens is 405 g/mol. The van der Waals surface area contributed by atoms with Gasteiger partial charge in [-0.3, -0.25) is 4.79 Å². The highest BCUT2D eigenvalue weighted by atomic mass is 32.2. The smallest absolute Gasteiger partial charge is 0.245 e.